The SMILES string of the molecule is CCC(C)Oc1ccc(C(C)c2ccc(OC(C)(CC)CC)cc2)cc1. The first-order valence-corrected chi connectivity index (χ1v) is 9.96. The molecule has 0 saturated carbocycles. The van der Waals surface area contributed by atoms with Crippen LogP contribution in [0.2, 0.25) is 0 Å². The van der Waals surface area contributed by atoms with Gasteiger partial charge in [0.15, 0.2) is 0 Å². The van der Waals surface area contributed by atoms with E-state index in [4.69, 9.17) is 9.47 Å². The van der Waals surface area contributed by atoms with E-state index in [1.165, 1.54) is 11.1 Å². The molecule has 0 radical (unpaired) electrons. The lowest BCUT2D eigenvalue weighted by atomic mass is 9.93. The average Bonchev–Trinajstić information content (AvgIpc) is 2.68. The van der Waals surface area contributed by atoms with E-state index in [1.54, 1.807) is 0 Å². The van der Waals surface area contributed by atoms with Crippen molar-refractivity contribution < 1.29 is 9.47 Å². The summed E-state index contributed by atoms with van der Waals surface area (Å²) in [4.78, 5) is 0. The van der Waals surface area contributed by atoms with E-state index in [1.807, 2.05) is 0 Å². The Morgan fingerprint density at radius 1 is 0.769 bits per heavy atom. The van der Waals surface area contributed by atoms with Gasteiger partial charge in [0.1, 0.15) is 17.1 Å². The molecule has 0 heterocycles. The molecule has 142 valence electrons. The third kappa shape index (κ3) is 5.27. The smallest absolute Gasteiger partial charge is 0.120 e. The van der Waals surface area contributed by atoms with E-state index in [2.05, 4.69) is 90.1 Å². The van der Waals surface area contributed by atoms with Crippen molar-refractivity contribution in [2.75, 3.05) is 0 Å². The van der Waals surface area contributed by atoms with Gasteiger partial charge < -0.3 is 9.47 Å². The third-order valence-electron chi connectivity index (χ3n) is 5.53. The van der Waals surface area contributed by atoms with Crippen LogP contribution in [0.5, 0.6) is 11.5 Å². The molecule has 0 aromatic heterocycles. The minimum Gasteiger partial charge on any atom is -0.491 e. The van der Waals surface area contributed by atoms with Gasteiger partial charge >= 0.3 is 0 Å². The van der Waals surface area contributed by atoms with Crippen molar-refractivity contribution in [3.63, 3.8) is 0 Å². The zero-order valence-corrected chi connectivity index (χ0v) is 17.2. The molecule has 0 aliphatic rings. The van der Waals surface area contributed by atoms with Crippen LogP contribution in [-0.4, -0.2) is 11.7 Å². The van der Waals surface area contributed by atoms with Crippen LogP contribution in [0.3, 0.4) is 0 Å². The first kappa shape index (κ1) is 20.4. The fourth-order valence-corrected chi connectivity index (χ4v) is 2.85. The Balaban J connectivity index is 2.06. The minimum absolute atomic E-state index is 0.0847. The molecule has 26 heavy (non-hydrogen) atoms. The molecule has 0 N–H and O–H groups in total. The fraction of sp³-hybridized carbons (Fsp3) is 0.500. The average molecular weight is 355 g/mol. The summed E-state index contributed by atoms with van der Waals surface area (Å²) < 4.78 is 12.1. The summed E-state index contributed by atoms with van der Waals surface area (Å²) in [6.07, 6.45) is 3.28. The van der Waals surface area contributed by atoms with Crippen LogP contribution >= 0.6 is 0 Å². The van der Waals surface area contributed by atoms with Crippen LogP contribution < -0.4 is 9.47 Å². The van der Waals surface area contributed by atoms with Gasteiger partial charge in [0.2, 0.25) is 0 Å². The Morgan fingerprint density at radius 2 is 1.23 bits per heavy atom. The van der Waals surface area contributed by atoms with E-state index in [0.717, 1.165) is 30.8 Å². The monoisotopic (exact) mass is 354 g/mol. The van der Waals surface area contributed by atoms with Gasteiger partial charge in [-0.25, -0.2) is 0 Å². The zero-order chi connectivity index (χ0) is 19.2. The Kier molecular flexibility index (Phi) is 7.14. The maximum absolute atomic E-state index is 6.19. The maximum Gasteiger partial charge on any atom is 0.120 e. The molecule has 0 saturated heterocycles. The number of hydrogen-bond donors (Lipinski definition) is 0. The highest BCUT2D eigenvalue weighted by Gasteiger charge is 2.21. The molecule has 0 aliphatic heterocycles. The first-order valence-electron chi connectivity index (χ1n) is 9.96. The molecule has 2 aromatic rings. The van der Waals surface area contributed by atoms with Crippen molar-refractivity contribution in [2.45, 2.75) is 78.4 Å². The summed E-state index contributed by atoms with van der Waals surface area (Å²) in [5.74, 6) is 2.23. The van der Waals surface area contributed by atoms with Gasteiger partial charge in [-0.3, -0.25) is 0 Å². The lowest BCUT2D eigenvalue weighted by Gasteiger charge is -2.28. The highest BCUT2D eigenvalue weighted by atomic mass is 16.5. The van der Waals surface area contributed by atoms with Gasteiger partial charge in [0.05, 0.1) is 6.10 Å². The van der Waals surface area contributed by atoms with Crippen LogP contribution in [0.15, 0.2) is 48.5 Å². The van der Waals surface area contributed by atoms with E-state index in [-0.39, 0.29) is 11.7 Å². The predicted octanol–water partition coefficient (Wildman–Crippen LogP) is 6.97. The van der Waals surface area contributed by atoms with Gasteiger partial charge in [0, 0.05) is 5.92 Å². The van der Waals surface area contributed by atoms with Crippen molar-refractivity contribution in [1.29, 1.82) is 0 Å². The van der Waals surface area contributed by atoms with Crippen LogP contribution in [-0.2, 0) is 0 Å². The summed E-state index contributed by atoms with van der Waals surface area (Å²) in [6, 6.07) is 17.0. The van der Waals surface area contributed by atoms with E-state index in [0.29, 0.717) is 5.92 Å². The van der Waals surface area contributed by atoms with Gasteiger partial charge in [-0.15, -0.1) is 0 Å². The van der Waals surface area contributed by atoms with Gasteiger partial charge in [-0.1, -0.05) is 52.0 Å². The van der Waals surface area contributed by atoms with E-state index in [9.17, 15) is 0 Å². The highest BCUT2D eigenvalue weighted by Crippen LogP contribution is 2.29. The predicted molar refractivity (Wildman–Crippen MR) is 110 cm³/mol. The second-order valence-corrected chi connectivity index (χ2v) is 7.46. The molecule has 0 bridgehead atoms. The Morgan fingerprint density at radius 3 is 1.65 bits per heavy atom. The molecule has 0 fully saturated rings. The number of ether oxygens (including phenoxy) is 2. The largest absolute Gasteiger partial charge is 0.491 e. The van der Waals surface area contributed by atoms with Crippen molar-refractivity contribution in [2.24, 2.45) is 0 Å². The summed E-state index contributed by atoms with van der Waals surface area (Å²) in [5.41, 5.74) is 2.50. The molecule has 0 aliphatic carbocycles. The van der Waals surface area contributed by atoms with Crippen LogP contribution in [0.25, 0.3) is 0 Å². The number of benzene rings is 2. The molecule has 2 atom stereocenters. The normalized spacial score (nSPS) is 13.9. The summed E-state index contributed by atoms with van der Waals surface area (Å²) in [5, 5.41) is 0. The number of hydrogen-bond acceptors (Lipinski definition) is 2. The van der Waals surface area contributed by atoms with Gasteiger partial charge in [0.25, 0.3) is 0 Å². The molecule has 2 nitrogen and oxygen atoms in total. The molecule has 0 spiro atoms. The first-order chi connectivity index (χ1) is 12.4. The molecule has 2 rings (SSSR count). The molecule has 2 heteroatoms. The fourth-order valence-electron chi connectivity index (χ4n) is 2.85. The van der Waals surface area contributed by atoms with E-state index >= 15 is 0 Å². The minimum atomic E-state index is -0.0847. The Bertz CT molecular complexity index is 654. The lowest BCUT2D eigenvalue weighted by Crippen LogP contribution is -2.30. The zero-order valence-electron chi connectivity index (χ0n) is 17.2. The molecular weight excluding hydrogens is 320 g/mol. The topological polar surface area (TPSA) is 18.5 Å². The van der Waals surface area contributed by atoms with Crippen LogP contribution in [0, 0.1) is 0 Å². The maximum atomic E-state index is 6.19. The quantitative estimate of drug-likeness (QED) is 0.484. The van der Waals surface area contributed by atoms with Gasteiger partial charge in [-0.2, -0.15) is 0 Å². The van der Waals surface area contributed by atoms with Crippen LogP contribution in [0.1, 0.15) is 77.8 Å². The Hall–Kier alpha value is -1.96. The molecule has 2 unspecified atom stereocenters. The lowest BCUT2D eigenvalue weighted by molar-refractivity contribution is 0.0803. The second kappa shape index (κ2) is 9.12. The Labute approximate surface area is 159 Å². The highest BCUT2D eigenvalue weighted by molar-refractivity contribution is 5.37. The van der Waals surface area contributed by atoms with Crippen molar-refractivity contribution in [3.8, 4) is 11.5 Å². The molecule has 2 aromatic carbocycles. The summed E-state index contributed by atoms with van der Waals surface area (Å²) >= 11 is 0. The summed E-state index contributed by atoms with van der Waals surface area (Å²) in [6.45, 7) is 13.0. The standard InChI is InChI=1S/C24H34O2/c1-7-18(4)25-22-14-10-20(11-15-22)19(5)21-12-16-23(17-13-21)26-24(6,8-2)9-3/h10-19H,7-9H2,1-6H3. The van der Waals surface area contributed by atoms with Crippen molar-refractivity contribution in [3.05, 3.63) is 59.7 Å². The summed E-state index contributed by atoms with van der Waals surface area (Å²) in [7, 11) is 0. The molecular formula is C24H34O2. The second-order valence-electron chi connectivity index (χ2n) is 7.46. The van der Waals surface area contributed by atoms with E-state index < -0.39 is 0 Å². The van der Waals surface area contributed by atoms with Gasteiger partial charge in [-0.05, 0) is 68.5 Å². The van der Waals surface area contributed by atoms with Crippen LogP contribution in [0.4, 0.5) is 0 Å². The van der Waals surface area contributed by atoms with Crippen molar-refractivity contribution in [1.82, 2.24) is 0 Å². The molecule has 0 amide bonds. The third-order valence-corrected chi connectivity index (χ3v) is 5.53. The van der Waals surface area contributed by atoms with Crippen molar-refractivity contribution >= 4 is 0 Å². The number of rotatable bonds is 9.